The molecule has 612 valence electrons. The van der Waals surface area contributed by atoms with Gasteiger partial charge in [-0.25, -0.2) is 29.9 Å². The standard InChI is InChI=1S/C63H42N4O.C57H38N4O/c1-4-14-41(15-5-1)44-26-30-47(31-27-44)61-64-62(48-32-28-45(29-33-48)42-16-6-2-7-17-42)66-63(65-61)54-23-13-25-57-58(54)53-38-39-56-59(60(53)68-57)52-22-10-11-24-55(52)67(56)51-36-34-46(35-37-51)50-21-12-20-49(40-50)43-18-8-3-9-19-43;1-4-15-37(16-5-1)41-21-12-22-42(35-41)39-29-31-45(32-30-39)61-49-27-11-10-25-46(49)53-50(61)34-33-47-52-48(26-14-28-51(52)62-54(47)53)57-59-55(40-19-8-3-9-20-40)58-56(60-57)44-24-13-23-43(36-44)38-17-6-2-7-18-38/h1-40,53,60H;1-36,47,54H. The van der Waals surface area contributed by atoms with Crippen LogP contribution < -0.4 is 9.47 Å². The maximum absolute atomic E-state index is 7.09. The van der Waals surface area contributed by atoms with Gasteiger partial charge in [0.25, 0.3) is 0 Å². The lowest BCUT2D eigenvalue weighted by atomic mass is 9.83. The van der Waals surface area contributed by atoms with Crippen LogP contribution in [0.15, 0.2) is 449 Å². The zero-order valence-electron chi connectivity index (χ0n) is 70.6. The summed E-state index contributed by atoms with van der Waals surface area (Å²) in [5.41, 5.74) is 33.3. The van der Waals surface area contributed by atoms with Crippen LogP contribution in [0, 0.1) is 0 Å². The summed E-state index contributed by atoms with van der Waals surface area (Å²) in [5, 5.41) is 2.36. The average Bonchev–Trinajstić information content (AvgIpc) is 1.56. The number of aromatic nitrogens is 8. The van der Waals surface area contributed by atoms with E-state index in [1.54, 1.807) is 0 Å². The molecule has 0 radical (unpaired) electrons. The van der Waals surface area contributed by atoms with Gasteiger partial charge in [-0.15, -0.1) is 0 Å². The van der Waals surface area contributed by atoms with Crippen LogP contribution in [-0.4, -0.2) is 39.0 Å². The molecule has 4 aromatic heterocycles. The van der Waals surface area contributed by atoms with E-state index < -0.39 is 0 Å². The van der Waals surface area contributed by atoms with E-state index in [1.165, 1.54) is 66.4 Å². The van der Waals surface area contributed by atoms with E-state index in [2.05, 4.69) is 434 Å². The largest absolute Gasteiger partial charge is 0.484 e. The minimum absolute atomic E-state index is 0.0472. The number of hydrogen-bond donors (Lipinski definition) is 0. The van der Waals surface area contributed by atoms with E-state index in [0.29, 0.717) is 34.9 Å². The van der Waals surface area contributed by atoms with Crippen LogP contribution in [0.2, 0.25) is 0 Å². The fraction of sp³-hybridized carbons (Fsp3) is 0.0333. The van der Waals surface area contributed by atoms with E-state index in [4.69, 9.17) is 39.4 Å². The molecule has 21 aromatic rings. The lowest BCUT2D eigenvalue weighted by molar-refractivity contribution is 0.224. The second kappa shape index (κ2) is 32.8. The molecule has 2 aliphatic carbocycles. The van der Waals surface area contributed by atoms with E-state index in [9.17, 15) is 0 Å². The van der Waals surface area contributed by atoms with Gasteiger partial charge in [0.15, 0.2) is 34.9 Å². The number of nitrogens with zero attached hydrogens (tertiary/aromatic N) is 8. The molecule has 4 atom stereocenters. The molecular weight excluding hydrogens is 1590 g/mol. The Labute approximate surface area is 753 Å². The van der Waals surface area contributed by atoms with E-state index >= 15 is 0 Å². The second-order valence-electron chi connectivity index (χ2n) is 33.4. The van der Waals surface area contributed by atoms with Crippen molar-refractivity contribution in [3.63, 3.8) is 0 Å². The number of fused-ring (bicyclic) bond motifs is 14. The van der Waals surface area contributed by atoms with Crippen LogP contribution in [0.4, 0.5) is 0 Å². The highest BCUT2D eigenvalue weighted by atomic mass is 16.5. The highest BCUT2D eigenvalue weighted by molar-refractivity contribution is 5.95. The summed E-state index contributed by atoms with van der Waals surface area (Å²) in [4.78, 5) is 31.1. The van der Waals surface area contributed by atoms with Crippen LogP contribution >= 0.6 is 0 Å². The summed E-state index contributed by atoms with van der Waals surface area (Å²) < 4.78 is 18.9. The van der Waals surface area contributed by atoms with Crippen LogP contribution in [-0.2, 0) is 0 Å². The first-order valence-electron chi connectivity index (χ1n) is 44.2. The van der Waals surface area contributed by atoms with E-state index in [0.717, 1.165) is 123 Å². The molecule has 0 saturated carbocycles. The molecule has 6 heterocycles. The Bertz CT molecular complexity index is 7840. The van der Waals surface area contributed by atoms with Crippen molar-refractivity contribution < 1.29 is 9.47 Å². The van der Waals surface area contributed by atoms with Gasteiger partial charge in [0.2, 0.25) is 0 Å². The summed E-state index contributed by atoms with van der Waals surface area (Å²) in [7, 11) is 0. The Balaban J connectivity index is 0.000000145. The first-order valence-corrected chi connectivity index (χ1v) is 44.2. The van der Waals surface area contributed by atoms with Gasteiger partial charge in [-0.2, -0.15) is 0 Å². The maximum Gasteiger partial charge on any atom is 0.164 e. The Hall–Kier alpha value is -17.1. The molecule has 25 rings (SSSR count). The molecule has 10 heteroatoms. The average molecular weight is 1670 g/mol. The second-order valence-corrected chi connectivity index (χ2v) is 33.4. The van der Waals surface area contributed by atoms with Crippen molar-refractivity contribution in [3.8, 4) is 169 Å². The van der Waals surface area contributed by atoms with Crippen molar-refractivity contribution in [2.75, 3.05) is 0 Å². The molecule has 0 bridgehead atoms. The fourth-order valence-electron chi connectivity index (χ4n) is 19.5. The molecule has 0 spiro atoms. The fourth-order valence-corrected chi connectivity index (χ4v) is 19.5. The molecule has 0 amide bonds. The van der Waals surface area contributed by atoms with Crippen molar-refractivity contribution in [2.24, 2.45) is 0 Å². The Morgan fingerprint density at radius 2 is 0.438 bits per heavy atom. The van der Waals surface area contributed by atoms with Crippen molar-refractivity contribution in [1.29, 1.82) is 0 Å². The first-order chi connectivity index (χ1) is 64.4. The van der Waals surface area contributed by atoms with Gasteiger partial charge < -0.3 is 18.6 Å². The number of rotatable bonds is 15. The highest BCUT2D eigenvalue weighted by Crippen LogP contribution is 2.58. The van der Waals surface area contributed by atoms with E-state index in [-0.39, 0.29) is 24.0 Å². The topological polar surface area (TPSA) is 106 Å². The molecule has 0 fully saturated rings. The van der Waals surface area contributed by atoms with Gasteiger partial charge in [0.05, 0.1) is 22.4 Å². The van der Waals surface area contributed by atoms with Gasteiger partial charge in [0.1, 0.15) is 23.7 Å². The Morgan fingerprint density at radius 3 is 0.800 bits per heavy atom. The SMILES string of the molecule is C1=CC2c3c(cccc3-c3nc(-c4ccc(-c5ccccc5)cc4)nc(-c4ccc(-c5ccccc5)cc4)n3)OC2c2c1n(-c1ccc(-c3cccc(-c4ccccc4)c3)cc1)c1ccccc21.C1=CC2c3c(cccc3-c3nc(-c4ccccc4)nc(-c4cccc(-c5ccccc5)c4)n3)OC2c2c1n(-c1ccc(-c3cccc(-c4ccccc4)c3)cc1)c1ccccc21. The number of benzene rings is 17. The third-order valence-corrected chi connectivity index (χ3v) is 25.7. The smallest absolute Gasteiger partial charge is 0.164 e. The predicted octanol–water partition coefficient (Wildman–Crippen LogP) is 29.8. The third-order valence-electron chi connectivity index (χ3n) is 25.7. The molecule has 4 aliphatic rings. The summed E-state index contributed by atoms with van der Waals surface area (Å²) in [6.45, 7) is 0. The van der Waals surface area contributed by atoms with Gasteiger partial charge in [-0.3, -0.25) is 0 Å². The summed E-state index contributed by atoms with van der Waals surface area (Å²) in [5.74, 6) is 5.30. The molecule has 17 aromatic carbocycles. The number of para-hydroxylation sites is 2. The summed E-state index contributed by atoms with van der Waals surface area (Å²) in [6, 6.07) is 153. The van der Waals surface area contributed by atoms with Crippen LogP contribution in [0.1, 0.15) is 57.7 Å². The predicted molar refractivity (Wildman–Crippen MR) is 527 cm³/mol. The summed E-state index contributed by atoms with van der Waals surface area (Å²) in [6.07, 6.45) is 8.73. The van der Waals surface area contributed by atoms with Crippen LogP contribution in [0.3, 0.4) is 0 Å². The minimum atomic E-state index is -0.242. The number of ether oxygens (including phenoxy) is 2. The quantitative estimate of drug-likeness (QED) is 0.0999. The molecule has 0 N–H and O–H groups in total. The van der Waals surface area contributed by atoms with Gasteiger partial charge >= 0.3 is 0 Å². The van der Waals surface area contributed by atoms with E-state index in [1.807, 2.05) is 36.4 Å². The molecular formula is C120H80N8O2. The lowest BCUT2D eigenvalue weighted by Gasteiger charge is -2.23. The zero-order chi connectivity index (χ0) is 86.0. The lowest BCUT2D eigenvalue weighted by Crippen LogP contribution is -2.14. The molecule has 2 aliphatic heterocycles. The zero-order valence-corrected chi connectivity index (χ0v) is 70.6. The molecule has 4 unspecified atom stereocenters. The monoisotopic (exact) mass is 1660 g/mol. The van der Waals surface area contributed by atoms with Crippen molar-refractivity contribution in [1.82, 2.24) is 39.0 Å². The minimum Gasteiger partial charge on any atom is -0.484 e. The Kier molecular flexibility index (Phi) is 19.3. The van der Waals surface area contributed by atoms with Gasteiger partial charge in [0, 0.05) is 89.6 Å². The van der Waals surface area contributed by atoms with Crippen LogP contribution in [0.5, 0.6) is 11.5 Å². The number of hydrogen-bond acceptors (Lipinski definition) is 8. The Morgan fingerprint density at radius 1 is 0.192 bits per heavy atom. The molecule has 10 nitrogen and oxygen atoms in total. The molecule has 130 heavy (non-hydrogen) atoms. The first kappa shape index (κ1) is 76.6. The third kappa shape index (κ3) is 14.0. The van der Waals surface area contributed by atoms with Gasteiger partial charge in [-0.05, 0) is 157 Å². The van der Waals surface area contributed by atoms with Crippen molar-refractivity contribution >= 4 is 34.0 Å². The highest BCUT2D eigenvalue weighted by Gasteiger charge is 2.44. The normalized spacial score (nSPS) is 14.7. The van der Waals surface area contributed by atoms with Crippen molar-refractivity contribution in [2.45, 2.75) is 24.0 Å². The van der Waals surface area contributed by atoms with Crippen molar-refractivity contribution in [3.05, 3.63) is 483 Å². The van der Waals surface area contributed by atoms with Gasteiger partial charge in [-0.1, -0.05) is 382 Å². The maximum atomic E-state index is 7.09. The summed E-state index contributed by atoms with van der Waals surface area (Å²) >= 11 is 0. The van der Waals surface area contributed by atoms with Crippen LogP contribution in [0.25, 0.3) is 192 Å². The molecule has 0 saturated heterocycles.